The van der Waals surface area contributed by atoms with Crippen LogP contribution in [0.1, 0.15) is 38.5 Å². The fourth-order valence-electron chi connectivity index (χ4n) is 3.53. The molecule has 0 aromatic carbocycles. The molecule has 3 saturated heterocycles. The summed E-state index contributed by atoms with van der Waals surface area (Å²) in [5.41, 5.74) is 0. The largest absolute Gasteiger partial charge is 0.381 e. The van der Waals surface area contributed by atoms with Crippen LogP contribution in [-0.4, -0.2) is 63.7 Å². The zero-order valence-corrected chi connectivity index (χ0v) is 16.3. The Balaban J connectivity index is 0.00000192. The van der Waals surface area contributed by atoms with Crippen LogP contribution in [0.25, 0.3) is 0 Å². The number of nitrogens with one attached hydrogen (secondary N) is 2. The Morgan fingerprint density at radius 2 is 2.04 bits per heavy atom. The van der Waals surface area contributed by atoms with Gasteiger partial charge in [0.25, 0.3) is 0 Å². The first kappa shape index (κ1) is 19.2. The predicted octanol–water partition coefficient (Wildman–Crippen LogP) is 1.67. The summed E-state index contributed by atoms with van der Waals surface area (Å²) in [7, 11) is 1.82. The van der Waals surface area contributed by atoms with Gasteiger partial charge in [-0.3, -0.25) is 4.99 Å². The molecule has 0 aliphatic carbocycles. The lowest BCUT2D eigenvalue weighted by atomic mass is 9.96. The maximum Gasteiger partial charge on any atom is 0.191 e. The zero-order chi connectivity index (χ0) is 15.2. The number of nitrogens with zero attached hydrogens (tertiary/aromatic N) is 1. The highest BCUT2D eigenvalue weighted by molar-refractivity contribution is 14.0. The maximum absolute atomic E-state index is 5.87. The van der Waals surface area contributed by atoms with Crippen LogP contribution < -0.4 is 10.6 Å². The number of aliphatic imine (C=N–C) groups is 1. The van der Waals surface area contributed by atoms with Crippen LogP contribution in [0.3, 0.4) is 0 Å². The number of hydrogen-bond acceptors (Lipinski definition) is 4. The number of hydrogen-bond donors (Lipinski definition) is 2. The number of guanidine groups is 1. The van der Waals surface area contributed by atoms with Gasteiger partial charge in [-0.25, -0.2) is 0 Å². The lowest BCUT2D eigenvalue weighted by Crippen LogP contribution is -2.47. The van der Waals surface area contributed by atoms with Crippen molar-refractivity contribution in [2.75, 3.05) is 33.4 Å². The Hall–Kier alpha value is -0.120. The molecule has 7 heteroatoms. The van der Waals surface area contributed by atoms with Crippen molar-refractivity contribution in [3.8, 4) is 0 Å². The van der Waals surface area contributed by atoms with Crippen molar-refractivity contribution in [2.45, 2.75) is 62.9 Å². The highest BCUT2D eigenvalue weighted by Gasteiger charge is 2.41. The van der Waals surface area contributed by atoms with Crippen LogP contribution in [0.5, 0.6) is 0 Å². The van der Waals surface area contributed by atoms with Gasteiger partial charge in [-0.2, -0.15) is 0 Å². The van der Waals surface area contributed by atoms with Crippen molar-refractivity contribution < 1.29 is 14.2 Å². The molecule has 0 aromatic rings. The molecular formula is C16H30IN3O3. The van der Waals surface area contributed by atoms with Crippen molar-refractivity contribution in [2.24, 2.45) is 4.99 Å². The Labute approximate surface area is 156 Å². The van der Waals surface area contributed by atoms with E-state index in [-0.39, 0.29) is 24.0 Å². The quantitative estimate of drug-likeness (QED) is 0.286. The minimum absolute atomic E-state index is 0. The summed E-state index contributed by atoms with van der Waals surface area (Å²) in [6.07, 6.45) is 7.79. The highest BCUT2D eigenvalue weighted by Crippen LogP contribution is 2.34. The standard InChI is InChI=1S/C16H29N3O3.HI/c1-17-16(19-14-11-13-3-4-15(14)22-13)18-7-2-8-21-12-5-9-20-10-6-12;/h12-15H,2-11H2,1H3,(H2,17,18,19);1H. The summed E-state index contributed by atoms with van der Waals surface area (Å²) in [6.45, 7) is 3.35. The molecule has 0 spiro atoms. The van der Waals surface area contributed by atoms with Crippen molar-refractivity contribution in [3.63, 3.8) is 0 Å². The smallest absolute Gasteiger partial charge is 0.191 e. The second-order valence-corrected chi connectivity index (χ2v) is 6.40. The molecule has 0 radical (unpaired) electrons. The van der Waals surface area contributed by atoms with Crippen molar-refractivity contribution in [1.82, 2.24) is 10.6 Å². The molecule has 3 aliphatic rings. The van der Waals surface area contributed by atoms with Gasteiger partial charge in [0.1, 0.15) is 0 Å². The first-order valence-corrected chi connectivity index (χ1v) is 8.67. The zero-order valence-electron chi connectivity index (χ0n) is 14.0. The van der Waals surface area contributed by atoms with Gasteiger partial charge < -0.3 is 24.8 Å². The van der Waals surface area contributed by atoms with Gasteiger partial charge in [0.05, 0.1) is 24.4 Å². The molecule has 0 amide bonds. The maximum atomic E-state index is 5.87. The molecule has 3 atom stereocenters. The second kappa shape index (κ2) is 10.0. The molecule has 3 rings (SSSR count). The molecular weight excluding hydrogens is 409 g/mol. The lowest BCUT2D eigenvalue weighted by Gasteiger charge is -2.23. The van der Waals surface area contributed by atoms with Crippen molar-refractivity contribution in [3.05, 3.63) is 0 Å². The summed E-state index contributed by atoms with van der Waals surface area (Å²) >= 11 is 0. The number of rotatable bonds is 6. The number of fused-ring (bicyclic) bond motifs is 2. The summed E-state index contributed by atoms with van der Waals surface area (Å²) in [5, 5.41) is 6.87. The number of ether oxygens (including phenoxy) is 3. The van der Waals surface area contributed by atoms with E-state index in [1.54, 1.807) is 0 Å². The molecule has 6 nitrogen and oxygen atoms in total. The van der Waals surface area contributed by atoms with Crippen LogP contribution in [-0.2, 0) is 14.2 Å². The Morgan fingerprint density at radius 1 is 1.22 bits per heavy atom. The van der Waals surface area contributed by atoms with Gasteiger partial charge in [-0.05, 0) is 38.5 Å². The second-order valence-electron chi connectivity index (χ2n) is 6.40. The van der Waals surface area contributed by atoms with Gasteiger partial charge in [0.2, 0.25) is 0 Å². The summed E-state index contributed by atoms with van der Waals surface area (Å²) < 4.78 is 17.1. The summed E-state index contributed by atoms with van der Waals surface area (Å²) in [4.78, 5) is 4.30. The molecule has 0 aromatic heterocycles. The van der Waals surface area contributed by atoms with Gasteiger partial charge in [-0.1, -0.05) is 0 Å². The Morgan fingerprint density at radius 3 is 2.70 bits per heavy atom. The topological polar surface area (TPSA) is 64.1 Å². The van der Waals surface area contributed by atoms with Crippen LogP contribution in [0.15, 0.2) is 4.99 Å². The average Bonchev–Trinajstić information content (AvgIpc) is 3.17. The molecule has 3 heterocycles. The molecule has 3 fully saturated rings. The van der Waals surface area contributed by atoms with E-state index in [1.165, 1.54) is 12.8 Å². The summed E-state index contributed by atoms with van der Waals surface area (Å²) in [5.74, 6) is 0.882. The predicted molar refractivity (Wildman–Crippen MR) is 101 cm³/mol. The molecule has 3 aliphatic heterocycles. The third kappa shape index (κ3) is 5.72. The summed E-state index contributed by atoms with van der Waals surface area (Å²) in [6, 6.07) is 0.420. The SMILES string of the molecule is CN=C(NCCCOC1CCOCC1)NC1CC2CCC1O2.I. The van der Waals surface area contributed by atoms with E-state index in [1.807, 2.05) is 7.05 Å². The van der Waals surface area contributed by atoms with Crippen molar-refractivity contribution >= 4 is 29.9 Å². The molecule has 3 unspecified atom stereocenters. The monoisotopic (exact) mass is 439 g/mol. The van der Waals surface area contributed by atoms with E-state index >= 15 is 0 Å². The van der Waals surface area contributed by atoms with E-state index in [4.69, 9.17) is 14.2 Å². The van der Waals surface area contributed by atoms with Crippen LogP contribution in [0, 0.1) is 0 Å². The molecule has 23 heavy (non-hydrogen) atoms. The third-order valence-electron chi connectivity index (χ3n) is 4.79. The first-order valence-electron chi connectivity index (χ1n) is 8.67. The Kier molecular flexibility index (Phi) is 8.35. The first-order chi connectivity index (χ1) is 10.8. The lowest BCUT2D eigenvalue weighted by molar-refractivity contribution is -0.0320. The average molecular weight is 439 g/mol. The van der Waals surface area contributed by atoms with Gasteiger partial charge in [0.15, 0.2) is 5.96 Å². The molecule has 134 valence electrons. The molecule has 0 saturated carbocycles. The van der Waals surface area contributed by atoms with Crippen LogP contribution in [0.4, 0.5) is 0 Å². The van der Waals surface area contributed by atoms with Crippen molar-refractivity contribution in [1.29, 1.82) is 0 Å². The van der Waals surface area contributed by atoms with Crippen LogP contribution >= 0.6 is 24.0 Å². The van der Waals surface area contributed by atoms with Gasteiger partial charge >= 0.3 is 0 Å². The van der Waals surface area contributed by atoms with E-state index in [2.05, 4.69) is 15.6 Å². The molecule has 2 N–H and O–H groups in total. The minimum Gasteiger partial charge on any atom is -0.381 e. The van der Waals surface area contributed by atoms with Gasteiger partial charge in [-0.15, -0.1) is 24.0 Å². The highest BCUT2D eigenvalue weighted by atomic mass is 127. The fraction of sp³-hybridized carbons (Fsp3) is 0.938. The molecule has 2 bridgehead atoms. The minimum atomic E-state index is 0. The Bertz CT molecular complexity index is 378. The normalized spacial score (nSPS) is 31.0. The fourth-order valence-corrected chi connectivity index (χ4v) is 3.53. The third-order valence-corrected chi connectivity index (χ3v) is 4.79. The van der Waals surface area contributed by atoms with E-state index in [0.29, 0.717) is 24.4 Å². The van der Waals surface area contributed by atoms with E-state index in [0.717, 1.165) is 58.0 Å². The van der Waals surface area contributed by atoms with Gasteiger partial charge in [0, 0.05) is 33.4 Å². The number of halogens is 1. The van der Waals surface area contributed by atoms with Crippen LogP contribution in [0.2, 0.25) is 0 Å². The van der Waals surface area contributed by atoms with E-state index in [9.17, 15) is 0 Å². The van der Waals surface area contributed by atoms with E-state index < -0.39 is 0 Å².